The molecule has 7 nitrogen and oxygen atoms in total. The maximum atomic E-state index is 12.9. The zero-order chi connectivity index (χ0) is 23.6. The highest BCUT2D eigenvalue weighted by Gasteiger charge is 2.25. The number of hydrogen-bond donors (Lipinski definition) is 1. The smallest absolute Gasteiger partial charge is 0.340 e. The second-order valence-corrected chi connectivity index (χ2v) is 8.12. The van der Waals surface area contributed by atoms with Crippen LogP contribution in [0.2, 0.25) is 0 Å². The lowest BCUT2D eigenvalue weighted by Crippen LogP contribution is -2.40. The van der Waals surface area contributed by atoms with Gasteiger partial charge < -0.3 is 19.4 Å². The van der Waals surface area contributed by atoms with Gasteiger partial charge in [0, 0.05) is 17.1 Å². The molecule has 8 heteroatoms. The lowest BCUT2D eigenvalue weighted by molar-refractivity contribution is -0.126. The Morgan fingerprint density at radius 3 is 2.45 bits per heavy atom. The third-order valence-corrected chi connectivity index (χ3v) is 5.86. The first-order valence-electron chi connectivity index (χ1n) is 10.6. The first-order valence-corrected chi connectivity index (χ1v) is 11.6. The fourth-order valence-corrected chi connectivity index (χ4v) is 3.99. The number of ether oxygens (including phenoxy) is 1. The summed E-state index contributed by atoms with van der Waals surface area (Å²) >= 11 is 1.23. The van der Waals surface area contributed by atoms with Gasteiger partial charge >= 0.3 is 5.97 Å². The molecule has 0 saturated heterocycles. The van der Waals surface area contributed by atoms with Crippen molar-refractivity contribution in [3.8, 4) is 0 Å². The molecule has 0 fully saturated rings. The summed E-state index contributed by atoms with van der Waals surface area (Å²) in [6.45, 7) is 4.17. The Hall–Kier alpha value is -3.52. The van der Waals surface area contributed by atoms with Crippen LogP contribution in [-0.2, 0) is 20.9 Å². The number of amides is 2. The Morgan fingerprint density at radius 2 is 1.76 bits per heavy atom. The summed E-state index contributed by atoms with van der Waals surface area (Å²) < 4.78 is 10.7. The molecule has 172 valence electrons. The first kappa shape index (κ1) is 24.1. The van der Waals surface area contributed by atoms with Crippen LogP contribution < -0.4 is 10.2 Å². The Morgan fingerprint density at radius 1 is 1.03 bits per heavy atom. The average molecular weight is 467 g/mol. The molecule has 1 heterocycles. The number of likely N-dealkylation sites (N-methyl/N-ethyl adjacent to an activating group) is 1. The van der Waals surface area contributed by atoms with Crippen molar-refractivity contribution in [3.63, 3.8) is 0 Å². The minimum atomic E-state index is -0.965. The summed E-state index contributed by atoms with van der Waals surface area (Å²) in [5.41, 5.74) is 1.05. The Balaban J connectivity index is 1.59. The number of carbonyl (C=O) groups excluding carboxylic acids is 3. The molecular weight excluding hydrogens is 440 g/mol. The Bertz CT molecular complexity index is 1070. The molecule has 2 amide bonds. The van der Waals surface area contributed by atoms with Crippen LogP contribution in [0.5, 0.6) is 0 Å². The number of hydrogen-bond acceptors (Lipinski definition) is 6. The molecule has 0 aliphatic carbocycles. The Labute approximate surface area is 197 Å². The molecule has 0 radical (unpaired) electrons. The third-order valence-electron chi connectivity index (χ3n) is 4.79. The van der Waals surface area contributed by atoms with Crippen molar-refractivity contribution in [2.45, 2.75) is 31.4 Å². The number of nitrogens with one attached hydrogen (secondary N) is 1. The topological polar surface area (TPSA) is 88.8 Å². The number of para-hydroxylation sites is 1. The fraction of sp³-hybridized carbons (Fsp3) is 0.240. The summed E-state index contributed by atoms with van der Waals surface area (Å²) in [5, 5.41) is 2.77. The quantitative estimate of drug-likeness (QED) is 0.354. The van der Waals surface area contributed by atoms with Crippen molar-refractivity contribution < 1.29 is 23.5 Å². The summed E-state index contributed by atoms with van der Waals surface area (Å²) in [5.74, 6) is -0.326. The van der Waals surface area contributed by atoms with Gasteiger partial charge in [0.1, 0.15) is 5.76 Å². The molecule has 2 aromatic carbocycles. The van der Waals surface area contributed by atoms with Crippen molar-refractivity contribution in [2.75, 3.05) is 17.2 Å². The lowest BCUT2D eigenvalue weighted by atomic mass is 10.2. The monoisotopic (exact) mass is 466 g/mol. The molecule has 3 rings (SSSR count). The van der Waals surface area contributed by atoms with E-state index in [1.54, 1.807) is 54.5 Å². The van der Waals surface area contributed by atoms with Crippen molar-refractivity contribution >= 4 is 35.2 Å². The van der Waals surface area contributed by atoms with E-state index in [2.05, 4.69) is 5.32 Å². The van der Waals surface area contributed by atoms with E-state index < -0.39 is 12.1 Å². The fourth-order valence-electron chi connectivity index (χ4n) is 3.12. The number of furan rings is 1. The number of rotatable bonds is 10. The predicted octanol–water partition coefficient (Wildman–Crippen LogP) is 4.29. The summed E-state index contributed by atoms with van der Waals surface area (Å²) in [6, 6.07) is 19.6. The van der Waals surface area contributed by atoms with Gasteiger partial charge in [-0.2, -0.15) is 0 Å². The molecule has 1 atom stereocenters. The van der Waals surface area contributed by atoms with Gasteiger partial charge in [-0.25, -0.2) is 4.79 Å². The van der Waals surface area contributed by atoms with Gasteiger partial charge in [0.2, 0.25) is 5.91 Å². The molecule has 33 heavy (non-hydrogen) atoms. The zero-order valence-corrected chi connectivity index (χ0v) is 19.3. The number of anilines is 1. The van der Waals surface area contributed by atoms with Crippen molar-refractivity contribution in [1.29, 1.82) is 0 Å². The highest BCUT2D eigenvalue weighted by atomic mass is 32.2. The normalized spacial score (nSPS) is 11.5. The van der Waals surface area contributed by atoms with Crippen molar-refractivity contribution in [1.82, 2.24) is 5.32 Å². The third kappa shape index (κ3) is 6.73. The minimum absolute atomic E-state index is 0.122. The second kappa shape index (κ2) is 11.9. The van der Waals surface area contributed by atoms with Crippen LogP contribution in [0, 0.1) is 0 Å². The van der Waals surface area contributed by atoms with E-state index in [1.807, 2.05) is 37.3 Å². The standard InChI is InChI=1S/C25H26N2O5S/c1-3-27(19-10-5-4-6-11-19)24(29)18(2)32-25(30)21-13-7-8-14-22(21)33-17-23(28)26-16-20-12-9-15-31-20/h4-15,18H,3,16-17H2,1-2H3,(H,26,28)/t18-/m1/s1. The maximum Gasteiger partial charge on any atom is 0.340 e. The van der Waals surface area contributed by atoms with Gasteiger partial charge in [-0.3, -0.25) is 9.59 Å². The molecule has 0 unspecified atom stereocenters. The number of esters is 1. The zero-order valence-electron chi connectivity index (χ0n) is 18.5. The highest BCUT2D eigenvalue weighted by Crippen LogP contribution is 2.24. The average Bonchev–Trinajstić information content (AvgIpc) is 3.36. The van der Waals surface area contributed by atoms with E-state index in [0.717, 1.165) is 5.69 Å². The van der Waals surface area contributed by atoms with Crippen LogP contribution in [0.3, 0.4) is 0 Å². The summed E-state index contributed by atoms with van der Waals surface area (Å²) in [6.07, 6.45) is 0.580. The van der Waals surface area contributed by atoms with Crippen molar-refractivity contribution in [2.24, 2.45) is 0 Å². The van der Waals surface area contributed by atoms with Gasteiger partial charge in [-0.05, 0) is 50.2 Å². The van der Waals surface area contributed by atoms with E-state index >= 15 is 0 Å². The number of carbonyl (C=O) groups is 3. The molecular formula is C25H26N2O5S. The molecule has 0 saturated carbocycles. The molecule has 3 aromatic rings. The highest BCUT2D eigenvalue weighted by molar-refractivity contribution is 8.00. The number of thioether (sulfide) groups is 1. The summed E-state index contributed by atoms with van der Waals surface area (Å²) in [4.78, 5) is 40.1. The molecule has 0 aliphatic rings. The number of nitrogens with zero attached hydrogens (tertiary/aromatic N) is 1. The van der Waals surface area contributed by atoms with Crippen LogP contribution in [0.1, 0.15) is 30.0 Å². The molecule has 1 N–H and O–H groups in total. The SMILES string of the molecule is CCN(C(=O)[C@@H](C)OC(=O)c1ccccc1SCC(=O)NCc1ccco1)c1ccccc1. The van der Waals surface area contributed by atoms with Gasteiger partial charge in [-0.15, -0.1) is 11.8 Å². The van der Waals surface area contributed by atoms with E-state index in [4.69, 9.17) is 9.15 Å². The van der Waals surface area contributed by atoms with Crippen molar-refractivity contribution in [3.05, 3.63) is 84.3 Å². The molecule has 0 spiro atoms. The first-order chi connectivity index (χ1) is 16.0. The molecule has 0 bridgehead atoms. The number of benzene rings is 2. The van der Waals surface area contributed by atoms with Gasteiger partial charge in [0.05, 0.1) is 24.1 Å². The molecule has 0 aliphatic heterocycles. The lowest BCUT2D eigenvalue weighted by Gasteiger charge is -2.24. The largest absolute Gasteiger partial charge is 0.467 e. The van der Waals surface area contributed by atoms with Gasteiger partial charge in [-0.1, -0.05) is 30.3 Å². The molecule has 1 aromatic heterocycles. The van der Waals surface area contributed by atoms with Gasteiger partial charge in [0.15, 0.2) is 6.10 Å². The van der Waals surface area contributed by atoms with Crippen LogP contribution in [0.15, 0.2) is 82.3 Å². The Kier molecular flexibility index (Phi) is 8.71. The van der Waals surface area contributed by atoms with E-state index in [0.29, 0.717) is 29.3 Å². The van der Waals surface area contributed by atoms with E-state index in [9.17, 15) is 14.4 Å². The predicted molar refractivity (Wildman–Crippen MR) is 127 cm³/mol. The van der Waals surface area contributed by atoms with Crippen LogP contribution >= 0.6 is 11.8 Å². The van der Waals surface area contributed by atoms with Gasteiger partial charge in [0.25, 0.3) is 5.91 Å². The van der Waals surface area contributed by atoms with Crippen LogP contribution in [0.25, 0.3) is 0 Å². The summed E-state index contributed by atoms with van der Waals surface area (Å²) in [7, 11) is 0. The second-order valence-electron chi connectivity index (χ2n) is 7.11. The van der Waals surface area contributed by atoms with Crippen LogP contribution in [0.4, 0.5) is 5.69 Å². The maximum absolute atomic E-state index is 12.9. The van der Waals surface area contributed by atoms with E-state index in [-0.39, 0.29) is 17.6 Å². The van der Waals surface area contributed by atoms with E-state index in [1.165, 1.54) is 11.8 Å². The minimum Gasteiger partial charge on any atom is -0.467 e. The van der Waals surface area contributed by atoms with Crippen LogP contribution in [-0.4, -0.2) is 36.2 Å².